The minimum absolute atomic E-state index is 0.301. The quantitative estimate of drug-likeness (QED) is 0.675. The lowest BCUT2D eigenvalue weighted by Crippen LogP contribution is -2.19. The number of para-hydroxylation sites is 1. The van der Waals surface area contributed by atoms with Crippen molar-refractivity contribution in [1.82, 2.24) is 5.32 Å². The van der Waals surface area contributed by atoms with E-state index in [1.54, 1.807) is 42.5 Å². The van der Waals surface area contributed by atoms with Crippen LogP contribution < -0.4 is 5.32 Å². The van der Waals surface area contributed by atoms with Crippen LogP contribution in [0.4, 0.5) is 10.1 Å². The highest BCUT2D eigenvalue weighted by Gasteiger charge is 2.24. The smallest absolute Gasteiger partial charge is 0.340 e. The van der Waals surface area contributed by atoms with Gasteiger partial charge in [0.1, 0.15) is 5.82 Å². The summed E-state index contributed by atoms with van der Waals surface area (Å²) in [5, 5.41) is 2.97. The van der Waals surface area contributed by atoms with E-state index in [9.17, 15) is 14.0 Å². The van der Waals surface area contributed by atoms with Crippen molar-refractivity contribution in [3.05, 3.63) is 70.4 Å². The molecule has 3 rings (SSSR count). The molecule has 1 aliphatic heterocycles. The SMILES string of the molecule is COC(=O)c1ccccc1N=C1NC(=O)/C(=C/c2cccc(F)c2)S1. The van der Waals surface area contributed by atoms with Crippen LogP contribution in [0.15, 0.2) is 58.4 Å². The van der Waals surface area contributed by atoms with Gasteiger partial charge in [0.15, 0.2) is 5.17 Å². The molecule has 0 saturated carbocycles. The molecule has 0 atom stereocenters. The number of ether oxygens (including phenoxy) is 1. The fourth-order valence-corrected chi connectivity index (χ4v) is 3.03. The second-order valence-electron chi connectivity index (χ2n) is 5.05. The van der Waals surface area contributed by atoms with E-state index in [-0.39, 0.29) is 11.7 Å². The van der Waals surface area contributed by atoms with Crippen molar-refractivity contribution in [1.29, 1.82) is 0 Å². The summed E-state index contributed by atoms with van der Waals surface area (Å²) in [4.78, 5) is 28.6. The van der Waals surface area contributed by atoms with Gasteiger partial charge in [-0.3, -0.25) is 4.79 Å². The number of hydrogen-bond donors (Lipinski definition) is 1. The Balaban J connectivity index is 1.88. The molecular weight excluding hydrogens is 343 g/mol. The predicted molar refractivity (Wildman–Crippen MR) is 95.0 cm³/mol. The molecule has 0 aliphatic carbocycles. The van der Waals surface area contributed by atoms with Crippen LogP contribution in [0.1, 0.15) is 15.9 Å². The third kappa shape index (κ3) is 3.95. The Labute approximate surface area is 147 Å². The second kappa shape index (κ2) is 7.31. The summed E-state index contributed by atoms with van der Waals surface area (Å²) in [6, 6.07) is 12.6. The molecule has 0 unspecified atom stereocenters. The normalized spacial score (nSPS) is 17.0. The molecule has 0 bridgehead atoms. The monoisotopic (exact) mass is 356 g/mol. The second-order valence-corrected chi connectivity index (χ2v) is 6.08. The van der Waals surface area contributed by atoms with Gasteiger partial charge in [0.25, 0.3) is 5.91 Å². The Kier molecular flexibility index (Phi) is 4.95. The van der Waals surface area contributed by atoms with Crippen molar-refractivity contribution < 1.29 is 18.7 Å². The summed E-state index contributed by atoms with van der Waals surface area (Å²) in [6.45, 7) is 0. The number of hydrogen-bond acceptors (Lipinski definition) is 5. The molecule has 1 saturated heterocycles. The molecule has 2 aromatic carbocycles. The lowest BCUT2D eigenvalue weighted by Gasteiger charge is -2.03. The highest BCUT2D eigenvalue weighted by atomic mass is 32.2. The van der Waals surface area contributed by atoms with Crippen molar-refractivity contribution in [2.75, 3.05) is 7.11 Å². The number of thioether (sulfide) groups is 1. The van der Waals surface area contributed by atoms with Crippen molar-refractivity contribution in [3.63, 3.8) is 0 Å². The van der Waals surface area contributed by atoms with Gasteiger partial charge in [0.05, 0.1) is 23.3 Å². The summed E-state index contributed by atoms with van der Waals surface area (Å²) in [5.74, 6) is -1.22. The molecule has 5 nitrogen and oxygen atoms in total. The van der Waals surface area contributed by atoms with Crippen molar-refractivity contribution >= 4 is 40.6 Å². The highest BCUT2D eigenvalue weighted by Crippen LogP contribution is 2.29. The molecule has 126 valence electrons. The maximum atomic E-state index is 13.3. The molecule has 0 spiro atoms. The third-order valence-electron chi connectivity index (χ3n) is 3.33. The van der Waals surface area contributed by atoms with Crippen LogP contribution in [0, 0.1) is 5.82 Å². The predicted octanol–water partition coefficient (Wildman–Crippen LogP) is 3.50. The zero-order valence-electron chi connectivity index (χ0n) is 13.2. The third-order valence-corrected chi connectivity index (χ3v) is 4.24. The largest absolute Gasteiger partial charge is 0.465 e. The molecular formula is C18H13FN2O3S. The van der Waals surface area contributed by atoms with E-state index in [0.717, 1.165) is 11.8 Å². The molecule has 1 fully saturated rings. The lowest BCUT2D eigenvalue weighted by atomic mass is 10.2. The number of carbonyl (C=O) groups excluding carboxylic acids is 2. The van der Waals surface area contributed by atoms with E-state index in [4.69, 9.17) is 4.74 Å². The number of halogens is 1. The zero-order valence-corrected chi connectivity index (χ0v) is 14.0. The van der Waals surface area contributed by atoms with E-state index < -0.39 is 5.97 Å². The van der Waals surface area contributed by atoms with Crippen LogP contribution in [0.5, 0.6) is 0 Å². The van der Waals surface area contributed by atoms with E-state index in [0.29, 0.717) is 26.9 Å². The Morgan fingerprint density at radius 3 is 2.80 bits per heavy atom. The van der Waals surface area contributed by atoms with Gasteiger partial charge in [-0.2, -0.15) is 0 Å². The maximum absolute atomic E-state index is 13.3. The average Bonchev–Trinajstić information content (AvgIpc) is 2.94. The van der Waals surface area contributed by atoms with Crippen molar-refractivity contribution in [2.24, 2.45) is 4.99 Å². The van der Waals surface area contributed by atoms with Crippen molar-refractivity contribution in [3.8, 4) is 0 Å². The summed E-state index contributed by atoms with van der Waals surface area (Å²) in [6.07, 6.45) is 1.58. The molecule has 1 aliphatic rings. The Bertz CT molecular complexity index is 909. The van der Waals surface area contributed by atoms with Gasteiger partial charge in [-0.1, -0.05) is 24.3 Å². The first kappa shape index (κ1) is 16.9. The highest BCUT2D eigenvalue weighted by molar-refractivity contribution is 8.18. The Hall–Kier alpha value is -2.93. The zero-order chi connectivity index (χ0) is 17.8. The fraction of sp³-hybridized carbons (Fsp3) is 0.0556. The summed E-state index contributed by atoms with van der Waals surface area (Å²) in [7, 11) is 1.29. The van der Waals surface area contributed by atoms with Crippen molar-refractivity contribution in [2.45, 2.75) is 0 Å². The topological polar surface area (TPSA) is 67.8 Å². The first-order valence-electron chi connectivity index (χ1n) is 7.29. The molecule has 2 aromatic rings. The summed E-state index contributed by atoms with van der Waals surface area (Å²) >= 11 is 1.12. The number of aliphatic imine (C=N–C) groups is 1. The summed E-state index contributed by atoms with van der Waals surface area (Å²) < 4.78 is 18.0. The Morgan fingerprint density at radius 1 is 1.24 bits per heavy atom. The molecule has 0 radical (unpaired) electrons. The first-order chi connectivity index (χ1) is 12.1. The van der Waals surface area contributed by atoms with E-state index in [2.05, 4.69) is 10.3 Å². The van der Waals surface area contributed by atoms with E-state index in [1.807, 2.05) is 0 Å². The number of benzene rings is 2. The van der Waals surface area contributed by atoms with Crippen LogP contribution in [0.2, 0.25) is 0 Å². The number of amides is 1. The van der Waals surface area contributed by atoms with Gasteiger partial charge < -0.3 is 10.1 Å². The standard InChI is InChI=1S/C18H13FN2O3S/c1-24-17(23)13-7-2-3-8-14(13)20-18-21-16(22)15(25-18)10-11-5-4-6-12(19)9-11/h2-10H,1H3,(H,20,21,22)/b15-10-. The van der Waals surface area contributed by atoms with Crippen LogP contribution in [-0.4, -0.2) is 24.2 Å². The number of nitrogens with one attached hydrogen (secondary N) is 1. The van der Waals surface area contributed by atoms with Gasteiger partial charge in [-0.15, -0.1) is 0 Å². The summed E-state index contributed by atoms with van der Waals surface area (Å²) in [5.41, 5.74) is 1.27. The average molecular weight is 356 g/mol. The Morgan fingerprint density at radius 2 is 2.04 bits per heavy atom. The van der Waals surface area contributed by atoms with E-state index >= 15 is 0 Å². The number of carbonyl (C=O) groups is 2. The van der Waals surface area contributed by atoms with Gasteiger partial charge in [-0.25, -0.2) is 14.2 Å². The number of nitrogens with zero attached hydrogens (tertiary/aromatic N) is 1. The number of rotatable bonds is 3. The maximum Gasteiger partial charge on any atom is 0.340 e. The molecule has 0 aromatic heterocycles. The fourth-order valence-electron chi connectivity index (χ4n) is 2.19. The number of methoxy groups -OCH3 is 1. The molecule has 7 heteroatoms. The molecule has 1 heterocycles. The minimum atomic E-state index is -0.509. The molecule has 1 N–H and O–H groups in total. The van der Waals surface area contributed by atoms with Gasteiger partial charge in [-0.05, 0) is 47.7 Å². The minimum Gasteiger partial charge on any atom is -0.465 e. The first-order valence-corrected chi connectivity index (χ1v) is 8.11. The van der Waals surface area contributed by atoms with Crippen LogP contribution in [-0.2, 0) is 9.53 Å². The molecule has 1 amide bonds. The number of amidine groups is 1. The van der Waals surface area contributed by atoms with Crippen LogP contribution in [0.25, 0.3) is 6.08 Å². The molecule has 25 heavy (non-hydrogen) atoms. The number of esters is 1. The van der Waals surface area contributed by atoms with Crippen LogP contribution in [0.3, 0.4) is 0 Å². The van der Waals surface area contributed by atoms with E-state index in [1.165, 1.54) is 19.2 Å². The van der Waals surface area contributed by atoms with Crippen LogP contribution >= 0.6 is 11.8 Å². The van der Waals surface area contributed by atoms with Gasteiger partial charge >= 0.3 is 5.97 Å². The van der Waals surface area contributed by atoms with Gasteiger partial charge in [0.2, 0.25) is 0 Å². The lowest BCUT2D eigenvalue weighted by molar-refractivity contribution is -0.115. The van der Waals surface area contributed by atoms with Gasteiger partial charge in [0, 0.05) is 0 Å².